The first-order chi connectivity index (χ1) is 4.63. The molecule has 0 aromatic heterocycles. The van der Waals surface area contributed by atoms with Crippen molar-refractivity contribution in [3.63, 3.8) is 0 Å². The van der Waals surface area contributed by atoms with Gasteiger partial charge in [0.25, 0.3) is 0 Å². The van der Waals surface area contributed by atoms with Crippen LogP contribution in [0.3, 0.4) is 0 Å². The normalized spacial score (nSPS) is 25.5. The van der Waals surface area contributed by atoms with Gasteiger partial charge in [-0.2, -0.15) is 0 Å². The number of carbonyl (C=O) groups excluding carboxylic acids is 1. The summed E-state index contributed by atoms with van der Waals surface area (Å²) in [6, 6.07) is -1.15. The average Bonchev–Trinajstić information content (AvgIpc) is 2.14. The zero-order valence-electron chi connectivity index (χ0n) is 5.11. The lowest BCUT2D eigenvalue weighted by molar-refractivity contribution is -0.144. The number of carboxylic acids is 1. The third-order valence-electron chi connectivity index (χ3n) is 1.45. The van der Waals surface area contributed by atoms with Gasteiger partial charge in [0.1, 0.15) is 6.04 Å². The van der Waals surface area contributed by atoms with E-state index in [1.807, 2.05) is 0 Å². The highest BCUT2D eigenvalue weighted by Gasteiger charge is 2.29. The third-order valence-corrected chi connectivity index (χ3v) is 1.45. The van der Waals surface area contributed by atoms with Gasteiger partial charge in [0.05, 0.1) is 0 Å². The summed E-state index contributed by atoms with van der Waals surface area (Å²) < 4.78 is 0. The molecule has 1 amide bonds. The second-order valence-electron chi connectivity index (χ2n) is 2.11. The van der Waals surface area contributed by atoms with E-state index >= 15 is 0 Å². The van der Waals surface area contributed by atoms with Crippen molar-refractivity contribution in [2.75, 3.05) is 0 Å². The maximum absolute atomic E-state index is 10.5. The molecule has 56 valence electrons. The summed E-state index contributed by atoms with van der Waals surface area (Å²) in [5, 5.41) is 18.9. The van der Waals surface area contributed by atoms with Crippen LogP contribution in [0.5, 0.6) is 0 Å². The molecule has 1 saturated heterocycles. The van der Waals surface area contributed by atoms with Crippen molar-refractivity contribution in [1.29, 1.82) is 0 Å². The van der Waals surface area contributed by atoms with E-state index in [0.29, 0.717) is 0 Å². The fraction of sp³-hybridized carbons (Fsp3) is 0.600. The average molecular weight is 144 g/mol. The molecule has 1 N–H and O–H groups in total. The van der Waals surface area contributed by atoms with Gasteiger partial charge in [-0.3, -0.25) is 9.59 Å². The lowest BCUT2D eigenvalue weighted by Crippen LogP contribution is -2.33. The molecule has 1 aliphatic heterocycles. The van der Waals surface area contributed by atoms with Gasteiger partial charge in [-0.25, -0.2) is 0 Å². The van der Waals surface area contributed by atoms with E-state index < -0.39 is 17.9 Å². The van der Waals surface area contributed by atoms with Crippen LogP contribution < -0.4 is 0 Å². The fourth-order valence-corrected chi connectivity index (χ4v) is 0.885. The molecule has 5 heteroatoms. The van der Waals surface area contributed by atoms with E-state index in [2.05, 4.69) is 0 Å². The van der Waals surface area contributed by atoms with Crippen LogP contribution in [0.2, 0.25) is 0 Å². The van der Waals surface area contributed by atoms with Crippen LogP contribution in [0, 0.1) is 5.21 Å². The number of carboxylic acid groups (broad SMARTS) is 1. The predicted molar refractivity (Wildman–Crippen MR) is 30.9 cm³/mol. The highest BCUT2D eigenvalue weighted by molar-refractivity contribution is 5.87. The number of rotatable bonds is 1. The standard InChI is InChI=1S/C5H6NO4/c7-4-2-1-3(5(8)9)6(4)10/h3H,1-2H2,(H,8,9)/q-1/t3-/m0/s1. The maximum atomic E-state index is 10.5. The molecular formula is C5H6NO4-. The molecule has 0 saturated carbocycles. The van der Waals surface area contributed by atoms with Crippen LogP contribution in [0.15, 0.2) is 0 Å². The SMILES string of the molecule is O=C(O)[C@@H]1CCC(=O)N1[O-]. The Morgan fingerprint density at radius 3 is 2.60 bits per heavy atom. The molecule has 0 spiro atoms. The molecule has 1 heterocycles. The number of hydroxylamine groups is 2. The zero-order valence-corrected chi connectivity index (χ0v) is 5.11. The first kappa shape index (κ1) is 7.01. The van der Waals surface area contributed by atoms with Crippen LogP contribution in [0.1, 0.15) is 12.8 Å². The summed E-state index contributed by atoms with van der Waals surface area (Å²) in [5.74, 6) is -1.85. The lowest BCUT2D eigenvalue weighted by Gasteiger charge is -2.26. The highest BCUT2D eigenvalue weighted by atomic mass is 16.5. The molecule has 5 nitrogen and oxygen atoms in total. The van der Waals surface area contributed by atoms with Gasteiger partial charge >= 0.3 is 5.97 Å². The van der Waals surface area contributed by atoms with Crippen LogP contribution in [-0.2, 0) is 9.59 Å². The van der Waals surface area contributed by atoms with Crippen molar-refractivity contribution in [2.45, 2.75) is 18.9 Å². The second-order valence-corrected chi connectivity index (χ2v) is 2.11. The molecule has 0 bridgehead atoms. The van der Waals surface area contributed by atoms with Gasteiger partial charge in [0.2, 0.25) is 5.91 Å². The van der Waals surface area contributed by atoms with E-state index in [-0.39, 0.29) is 17.9 Å². The molecule has 1 aliphatic rings. The zero-order chi connectivity index (χ0) is 7.72. The van der Waals surface area contributed by atoms with Gasteiger partial charge < -0.3 is 15.4 Å². The molecule has 0 aromatic carbocycles. The summed E-state index contributed by atoms with van der Waals surface area (Å²) in [4.78, 5) is 20.6. The van der Waals surface area contributed by atoms with E-state index in [1.165, 1.54) is 0 Å². The number of hydrogen-bond donors (Lipinski definition) is 1. The largest absolute Gasteiger partial charge is 0.756 e. The molecular weight excluding hydrogens is 138 g/mol. The topological polar surface area (TPSA) is 80.7 Å². The van der Waals surface area contributed by atoms with Gasteiger partial charge in [0, 0.05) is 6.42 Å². The van der Waals surface area contributed by atoms with E-state index in [1.54, 1.807) is 0 Å². The molecule has 1 fully saturated rings. The minimum Gasteiger partial charge on any atom is -0.756 e. The number of carbonyl (C=O) groups is 2. The third kappa shape index (κ3) is 0.950. The van der Waals surface area contributed by atoms with Crippen molar-refractivity contribution >= 4 is 11.9 Å². The van der Waals surface area contributed by atoms with Crippen molar-refractivity contribution in [2.24, 2.45) is 0 Å². The number of nitrogens with zero attached hydrogens (tertiary/aromatic N) is 1. The van der Waals surface area contributed by atoms with E-state index in [0.717, 1.165) is 0 Å². The van der Waals surface area contributed by atoms with Crippen molar-refractivity contribution in [3.8, 4) is 0 Å². The van der Waals surface area contributed by atoms with Crippen LogP contribution in [0.4, 0.5) is 0 Å². The highest BCUT2D eigenvalue weighted by Crippen LogP contribution is 2.16. The Balaban J connectivity index is 2.66. The monoisotopic (exact) mass is 144 g/mol. The molecule has 1 atom stereocenters. The number of amides is 1. The van der Waals surface area contributed by atoms with E-state index in [4.69, 9.17) is 5.11 Å². The Bertz CT molecular complexity index is 178. The van der Waals surface area contributed by atoms with Crippen molar-refractivity contribution in [1.82, 2.24) is 5.06 Å². The minimum atomic E-state index is -1.22. The summed E-state index contributed by atoms with van der Waals surface area (Å²) in [7, 11) is 0. The van der Waals surface area contributed by atoms with E-state index in [9.17, 15) is 14.8 Å². The van der Waals surface area contributed by atoms with Gasteiger partial charge in [-0.05, 0) is 6.42 Å². The summed E-state index contributed by atoms with van der Waals surface area (Å²) in [5.41, 5.74) is 0. The maximum Gasteiger partial charge on any atom is 0.325 e. The van der Waals surface area contributed by atoms with Crippen molar-refractivity contribution in [3.05, 3.63) is 5.21 Å². The predicted octanol–water partition coefficient (Wildman–Crippen LogP) is -0.440. The first-order valence-corrected chi connectivity index (χ1v) is 2.85. The smallest absolute Gasteiger partial charge is 0.325 e. The molecule has 0 aliphatic carbocycles. The van der Waals surface area contributed by atoms with Crippen LogP contribution >= 0.6 is 0 Å². The van der Waals surface area contributed by atoms with Crippen LogP contribution in [0.25, 0.3) is 0 Å². The summed E-state index contributed by atoms with van der Waals surface area (Å²) >= 11 is 0. The lowest BCUT2D eigenvalue weighted by atomic mass is 10.2. The second kappa shape index (κ2) is 2.26. The summed E-state index contributed by atoms with van der Waals surface area (Å²) in [6.07, 6.45) is 0.193. The Morgan fingerprint density at radius 1 is 1.80 bits per heavy atom. The number of hydrogen-bond acceptors (Lipinski definition) is 3. The molecule has 0 aromatic rings. The molecule has 1 rings (SSSR count). The number of aliphatic carboxylic acids is 1. The fourth-order valence-electron chi connectivity index (χ4n) is 0.885. The molecule has 0 unspecified atom stereocenters. The van der Waals surface area contributed by atoms with Gasteiger partial charge in [-0.15, -0.1) is 0 Å². The molecule has 10 heavy (non-hydrogen) atoms. The van der Waals surface area contributed by atoms with Crippen LogP contribution in [-0.4, -0.2) is 28.1 Å². The van der Waals surface area contributed by atoms with Gasteiger partial charge in [-0.1, -0.05) is 0 Å². The quantitative estimate of drug-likeness (QED) is 0.540. The van der Waals surface area contributed by atoms with Crippen molar-refractivity contribution < 1.29 is 14.7 Å². The van der Waals surface area contributed by atoms with Gasteiger partial charge in [0.15, 0.2) is 0 Å². The first-order valence-electron chi connectivity index (χ1n) is 2.85. The Hall–Kier alpha value is -1.10. The Labute approximate surface area is 56.8 Å². The Morgan fingerprint density at radius 2 is 2.40 bits per heavy atom. The minimum absolute atomic E-state index is 0.0301. The Kier molecular flexibility index (Phi) is 1.58. The molecule has 0 radical (unpaired) electrons. The summed E-state index contributed by atoms with van der Waals surface area (Å²) in [6.45, 7) is 0.